The van der Waals surface area contributed by atoms with E-state index in [1.807, 2.05) is 30.0 Å². The van der Waals surface area contributed by atoms with Gasteiger partial charge < -0.3 is 4.90 Å². The van der Waals surface area contributed by atoms with E-state index < -0.39 is 0 Å². The van der Waals surface area contributed by atoms with Gasteiger partial charge in [-0.1, -0.05) is 29.8 Å². The lowest BCUT2D eigenvalue weighted by Gasteiger charge is -2.35. The average molecular weight is 353 g/mol. The zero-order chi connectivity index (χ0) is 15.4. The Morgan fingerprint density at radius 1 is 1.19 bits per heavy atom. The smallest absolute Gasteiger partial charge is 0.253 e. The first-order valence-corrected chi connectivity index (χ1v) is 8.54. The van der Waals surface area contributed by atoms with Gasteiger partial charge in [0.05, 0.1) is 0 Å². The summed E-state index contributed by atoms with van der Waals surface area (Å²) in [7, 11) is 0. The van der Waals surface area contributed by atoms with Gasteiger partial charge in [-0.3, -0.25) is 9.69 Å². The summed E-state index contributed by atoms with van der Waals surface area (Å²) < 4.78 is 0.974. The number of carbonyl (C=O) groups excluding carboxylic acids is 1. The molecule has 1 aliphatic heterocycles. The molecule has 1 aromatic carbocycles. The number of piperazine rings is 1. The van der Waals surface area contributed by atoms with E-state index in [1.165, 1.54) is 6.42 Å². The number of nitrogens with zero attached hydrogens (tertiary/aromatic N) is 2. The predicted molar refractivity (Wildman–Crippen MR) is 90.7 cm³/mol. The third-order valence-electron chi connectivity index (χ3n) is 3.97. The Morgan fingerprint density at radius 2 is 1.86 bits per heavy atom. The van der Waals surface area contributed by atoms with Crippen LogP contribution in [0.15, 0.2) is 22.7 Å². The van der Waals surface area contributed by atoms with E-state index in [-0.39, 0.29) is 5.91 Å². The zero-order valence-corrected chi connectivity index (χ0v) is 14.8. The van der Waals surface area contributed by atoms with Gasteiger partial charge in [-0.2, -0.15) is 0 Å². The van der Waals surface area contributed by atoms with E-state index in [9.17, 15) is 4.79 Å². The summed E-state index contributed by atoms with van der Waals surface area (Å²) in [6.07, 6.45) is 1.23. The molecule has 1 amide bonds. The van der Waals surface area contributed by atoms with Gasteiger partial charge in [0, 0.05) is 36.2 Å². The van der Waals surface area contributed by atoms with Crippen molar-refractivity contribution < 1.29 is 4.79 Å². The molecule has 3 nitrogen and oxygen atoms in total. The molecular weight excluding hydrogens is 328 g/mol. The van der Waals surface area contributed by atoms with Gasteiger partial charge >= 0.3 is 0 Å². The van der Waals surface area contributed by atoms with Crippen LogP contribution in [0.1, 0.15) is 36.2 Å². The first-order chi connectivity index (χ1) is 9.95. The van der Waals surface area contributed by atoms with Crippen LogP contribution in [0, 0.1) is 12.8 Å². The van der Waals surface area contributed by atoms with Gasteiger partial charge in [0.1, 0.15) is 0 Å². The van der Waals surface area contributed by atoms with Crippen molar-refractivity contribution >= 4 is 21.8 Å². The number of amides is 1. The fraction of sp³-hybridized carbons (Fsp3) is 0.588. The van der Waals surface area contributed by atoms with Crippen LogP contribution in [-0.4, -0.2) is 48.4 Å². The van der Waals surface area contributed by atoms with Gasteiger partial charge in [-0.05, 0) is 49.6 Å². The van der Waals surface area contributed by atoms with Crippen LogP contribution in [-0.2, 0) is 0 Å². The lowest BCUT2D eigenvalue weighted by Crippen LogP contribution is -2.49. The van der Waals surface area contributed by atoms with Gasteiger partial charge in [0.25, 0.3) is 5.91 Å². The number of rotatable bonds is 4. The second-order valence-electron chi connectivity index (χ2n) is 6.33. The molecule has 1 aromatic rings. The Balaban J connectivity index is 1.91. The van der Waals surface area contributed by atoms with Crippen molar-refractivity contribution in [3.8, 4) is 0 Å². The summed E-state index contributed by atoms with van der Waals surface area (Å²) in [5.74, 6) is 0.900. The van der Waals surface area contributed by atoms with Gasteiger partial charge in [-0.15, -0.1) is 0 Å². The highest BCUT2D eigenvalue weighted by atomic mass is 79.9. The number of halogens is 1. The number of aryl methyl sites for hydroxylation is 1. The summed E-state index contributed by atoms with van der Waals surface area (Å²) in [5, 5.41) is 0. The Labute approximate surface area is 136 Å². The van der Waals surface area contributed by atoms with Crippen LogP contribution in [0.25, 0.3) is 0 Å². The van der Waals surface area contributed by atoms with Crippen molar-refractivity contribution in [1.82, 2.24) is 9.80 Å². The number of hydrogen-bond acceptors (Lipinski definition) is 2. The molecule has 2 rings (SSSR count). The van der Waals surface area contributed by atoms with Crippen LogP contribution >= 0.6 is 15.9 Å². The predicted octanol–water partition coefficient (Wildman–Crippen LogP) is 3.56. The molecule has 0 aliphatic carbocycles. The largest absolute Gasteiger partial charge is 0.336 e. The van der Waals surface area contributed by atoms with Crippen LogP contribution in [0.4, 0.5) is 0 Å². The normalized spacial score (nSPS) is 16.5. The van der Waals surface area contributed by atoms with Crippen molar-refractivity contribution in [2.24, 2.45) is 5.92 Å². The fourth-order valence-corrected chi connectivity index (χ4v) is 3.27. The van der Waals surface area contributed by atoms with Gasteiger partial charge in [0.2, 0.25) is 0 Å². The Bertz CT molecular complexity index is 473. The monoisotopic (exact) mass is 352 g/mol. The third kappa shape index (κ3) is 4.82. The van der Waals surface area contributed by atoms with Gasteiger partial charge in [-0.25, -0.2) is 0 Å². The standard InChI is InChI=1S/C17H25BrN2O/c1-13(2)4-5-19-6-8-20(9-7-19)17(21)15-10-14(3)11-16(18)12-15/h10-13H,4-9H2,1-3H3. The Hall–Kier alpha value is -0.870. The maximum atomic E-state index is 12.6. The lowest BCUT2D eigenvalue weighted by atomic mass is 10.1. The molecule has 0 atom stereocenters. The SMILES string of the molecule is Cc1cc(Br)cc(C(=O)N2CCN(CCC(C)C)CC2)c1. The molecule has 1 aliphatic rings. The molecule has 116 valence electrons. The van der Waals surface area contributed by atoms with E-state index >= 15 is 0 Å². The Kier molecular flexibility index (Phi) is 5.82. The van der Waals surface area contributed by atoms with E-state index in [1.54, 1.807) is 0 Å². The summed E-state index contributed by atoms with van der Waals surface area (Å²) in [5.41, 5.74) is 1.90. The summed E-state index contributed by atoms with van der Waals surface area (Å²) >= 11 is 3.47. The van der Waals surface area contributed by atoms with Crippen LogP contribution in [0.5, 0.6) is 0 Å². The average Bonchev–Trinajstić information content (AvgIpc) is 2.44. The molecule has 0 spiro atoms. The Morgan fingerprint density at radius 3 is 2.43 bits per heavy atom. The number of benzene rings is 1. The number of hydrogen-bond donors (Lipinski definition) is 0. The first kappa shape index (κ1) is 16.5. The van der Waals surface area contributed by atoms with E-state index in [4.69, 9.17) is 0 Å². The molecule has 1 heterocycles. The van der Waals surface area contributed by atoms with Crippen molar-refractivity contribution in [3.63, 3.8) is 0 Å². The third-order valence-corrected chi connectivity index (χ3v) is 4.43. The highest BCUT2D eigenvalue weighted by Gasteiger charge is 2.22. The molecule has 21 heavy (non-hydrogen) atoms. The fourth-order valence-electron chi connectivity index (χ4n) is 2.66. The minimum atomic E-state index is 0.155. The van der Waals surface area contributed by atoms with Crippen LogP contribution < -0.4 is 0 Å². The summed E-state index contributed by atoms with van der Waals surface area (Å²) in [6.45, 7) is 11.3. The highest BCUT2D eigenvalue weighted by molar-refractivity contribution is 9.10. The highest BCUT2D eigenvalue weighted by Crippen LogP contribution is 2.17. The summed E-state index contributed by atoms with van der Waals surface area (Å²) in [4.78, 5) is 17.0. The van der Waals surface area contributed by atoms with E-state index in [0.29, 0.717) is 0 Å². The van der Waals surface area contributed by atoms with Crippen molar-refractivity contribution in [2.45, 2.75) is 27.2 Å². The molecule has 0 N–H and O–H groups in total. The van der Waals surface area contributed by atoms with Crippen molar-refractivity contribution in [2.75, 3.05) is 32.7 Å². The molecule has 4 heteroatoms. The maximum Gasteiger partial charge on any atom is 0.253 e. The van der Waals surface area contributed by atoms with Crippen LogP contribution in [0.2, 0.25) is 0 Å². The summed E-state index contributed by atoms with van der Waals surface area (Å²) in [6, 6.07) is 5.92. The second-order valence-corrected chi connectivity index (χ2v) is 7.25. The second kappa shape index (κ2) is 7.41. The molecule has 1 saturated heterocycles. The van der Waals surface area contributed by atoms with Crippen molar-refractivity contribution in [3.05, 3.63) is 33.8 Å². The quantitative estimate of drug-likeness (QED) is 0.826. The minimum Gasteiger partial charge on any atom is -0.336 e. The molecule has 0 saturated carbocycles. The zero-order valence-electron chi connectivity index (χ0n) is 13.2. The lowest BCUT2D eigenvalue weighted by molar-refractivity contribution is 0.0631. The topological polar surface area (TPSA) is 23.6 Å². The van der Waals surface area contributed by atoms with E-state index in [2.05, 4.69) is 34.7 Å². The molecule has 0 bridgehead atoms. The maximum absolute atomic E-state index is 12.6. The minimum absolute atomic E-state index is 0.155. The number of carbonyl (C=O) groups is 1. The molecule has 0 radical (unpaired) electrons. The molecule has 0 aromatic heterocycles. The van der Waals surface area contributed by atoms with E-state index in [0.717, 1.165) is 54.2 Å². The van der Waals surface area contributed by atoms with Crippen molar-refractivity contribution in [1.29, 1.82) is 0 Å². The van der Waals surface area contributed by atoms with Gasteiger partial charge in [0.15, 0.2) is 0 Å². The first-order valence-electron chi connectivity index (χ1n) is 7.74. The molecule has 1 fully saturated rings. The molecule has 0 unspecified atom stereocenters. The molecular formula is C17H25BrN2O. The van der Waals surface area contributed by atoms with Crippen LogP contribution in [0.3, 0.4) is 0 Å².